The number of rotatable bonds is 6. The number of hydrogen-bond acceptors (Lipinski definition) is 5. The van der Waals surface area contributed by atoms with Crippen molar-refractivity contribution in [3.05, 3.63) is 17.7 Å². The van der Waals surface area contributed by atoms with Gasteiger partial charge in [0.1, 0.15) is 11.6 Å². The molecule has 1 aromatic heterocycles. The van der Waals surface area contributed by atoms with Gasteiger partial charge in [-0.25, -0.2) is 4.98 Å². The van der Waals surface area contributed by atoms with Gasteiger partial charge < -0.3 is 20.9 Å². The number of alkyl halides is 3. The van der Waals surface area contributed by atoms with E-state index in [1.807, 2.05) is 0 Å². The predicted octanol–water partition coefficient (Wildman–Crippen LogP) is 1.88. The molecule has 8 heteroatoms. The van der Waals surface area contributed by atoms with E-state index in [0.717, 1.165) is 12.1 Å². The maximum Gasteiger partial charge on any atom is 0.416 e. The lowest BCUT2D eigenvalue weighted by molar-refractivity contribution is -0.137. The highest BCUT2D eigenvalue weighted by atomic mass is 19.4. The van der Waals surface area contributed by atoms with Gasteiger partial charge in [0.15, 0.2) is 0 Å². The van der Waals surface area contributed by atoms with Crippen LogP contribution in [0.15, 0.2) is 12.1 Å². The van der Waals surface area contributed by atoms with E-state index in [2.05, 4.69) is 10.3 Å². The van der Waals surface area contributed by atoms with Crippen molar-refractivity contribution in [1.29, 1.82) is 0 Å². The SMILES string of the molecule is COCCC(C)(O)CNc1cc(C(F)(F)F)cc(N)n1. The Hall–Kier alpha value is -1.54. The van der Waals surface area contributed by atoms with E-state index < -0.39 is 17.3 Å². The summed E-state index contributed by atoms with van der Waals surface area (Å²) in [6, 6.07) is 1.61. The molecular weight excluding hydrogens is 275 g/mol. The van der Waals surface area contributed by atoms with E-state index in [0.29, 0.717) is 13.0 Å². The summed E-state index contributed by atoms with van der Waals surface area (Å²) in [6.45, 7) is 1.92. The molecule has 0 spiro atoms. The Bertz CT molecular complexity index is 450. The molecule has 0 aliphatic carbocycles. The van der Waals surface area contributed by atoms with Crippen molar-refractivity contribution in [2.24, 2.45) is 0 Å². The number of pyridine rings is 1. The first-order valence-corrected chi connectivity index (χ1v) is 5.94. The topological polar surface area (TPSA) is 80.4 Å². The first-order valence-electron chi connectivity index (χ1n) is 5.94. The van der Waals surface area contributed by atoms with E-state index in [1.165, 1.54) is 7.11 Å². The first-order chi connectivity index (χ1) is 9.14. The summed E-state index contributed by atoms with van der Waals surface area (Å²) >= 11 is 0. The average Bonchev–Trinajstić information content (AvgIpc) is 2.32. The second-order valence-corrected chi connectivity index (χ2v) is 4.76. The molecule has 0 aliphatic heterocycles. The summed E-state index contributed by atoms with van der Waals surface area (Å²) in [5.41, 5.74) is 3.33. The van der Waals surface area contributed by atoms with Gasteiger partial charge in [-0.2, -0.15) is 13.2 Å². The molecule has 1 rings (SSSR count). The number of aromatic nitrogens is 1. The minimum atomic E-state index is -4.49. The number of hydrogen-bond donors (Lipinski definition) is 3. The number of methoxy groups -OCH3 is 1. The van der Waals surface area contributed by atoms with Gasteiger partial charge in [-0.1, -0.05) is 0 Å². The molecule has 0 aliphatic rings. The normalized spacial score (nSPS) is 14.9. The Labute approximate surface area is 114 Å². The van der Waals surface area contributed by atoms with E-state index in [1.54, 1.807) is 6.92 Å². The number of nitrogens with two attached hydrogens (primary N) is 1. The van der Waals surface area contributed by atoms with Crippen LogP contribution in [0.1, 0.15) is 18.9 Å². The smallest absolute Gasteiger partial charge is 0.388 e. The molecule has 0 bridgehead atoms. The molecular formula is C12H18F3N3O2. The minimum absolute atomic E-state index is 0.0319. The standard InChI is InChI=1S/C12H18F3N3O2/c1-11(19,3-4-20-2)7-17-10-6-8(12(13,14)15)5-9(16)18-10/h5-6,19H,3-4,7H2,1-2H3,(H3,16,17,18). The van der Waals surface area contributed by atoms with Crippen LogP contribution in [0.4, 0.5) is 24.8 Å². The van der Waals surface area contributed by atoms with Crippen LogP contribution in [0.5, 0.6) is 0 Å². The predicted molar refractivity (Wildman–Crippen MR) is 69.3 cm³/mol. The molecule has 20 heavy (non-hydrogen) atoms. The van der Waals surface area contributed by atoms with E-state index in [4.69, 9.17) is 10.5 Å². The van der Waals surface area contributed by atoms with Gasteiger partial charge in [0.25, 0.3) is 0 Å². The summed E-state index contributed by atoms with van der Waals surface area (Å²) in [4.78, 5) is 3.76. The molecule has 1 unspecified atom stereocenters. The fourth-order valence-electron chi connectivity index (χ4n) is 1.50. The molecule has 0 saturated heterocycles. The molecule has 4 N–H and O–H groups in total. The molecule has 0 fully saturated rings. The highest BCUT2D eigenvalue weighted by Gasteiger charge is 2.31. The summed E-state index contributed by atoms with van der Waals surface area (Å²) in [7, 11) is 1.50. The van der Waals surface area contributed by atoms with Gasteiger partial charge in [0.05, 0.1) is 11.2 Å². The highest BCUT2D eigenvalue weighted by Crippen LogP contribution is 2.31. The fourth-order valence-corrected chi connectivity index (χ4v) is 1.50. The van der Waals surface area contributed by atoms with Crippen molar-refractivity contribution in [1.82, 2.24) is 4.98 Å². The molecule has 114 valence electrons. The van der Waals surface area contributed by atoms with Crippen LogP contribution < -0.4 is 11.1 Å². The van der Waals surface area contributed by atoms with Crippen LogP contribution in [0.3, 0.4) is 0 Å². The van der Waals surface area contributed by atoms with E-state index in [9.17, 15) is 18.3 Å². The lowest BCUT2D eigenvalue weighted by Crippen LogP contribution is -2.35. The monoisotopic (exact) mass is 293 g/mol. The van der Waals surface area contributed by atoms with Gasteiger partial charge in [-0.05, 0) is 19.1 Å². The number of aliphatic hydroxyl groups is 1. The quantitative estimate of drug-likeness (QED) is 0.746. The Balaban J connectivity index is 2.76. The Kier molecular flexibility index (Phi) is 5.18. The summed E-state index contributed by atoms with van der Waals surface area (Å²) in [5, 5.41) is 12.6. The van der Waals surface area contributed by atoms with E-state index in [-0.39, 0.29) is 18.2 Å². The van der Waals surface area contributed by atoms with Crippen molar-refractivity contribution in [3.8, 4) is 0 Å². The first kappa shape index (κ1) is 16.5. The number of halogens is 3. The number of nitrogens with zero attached hydrogens (tertiary/aromatic N) is 1. The van der Waals surface area contributed by atoms with Gasteiger partial charge in [-0.3, -0.25) is 0 Å². The number of nitrogen functional groups attached to an aromatic ring is 1. The molecule has 0 radical (unpaired) electrons. The Morgan fingerprint density at radius 3 is 2.60 bits per heavy atom. The minimum Gasteiger partial charge on any atom is -0.388 e. The largest absolute Gasteiger partial charge is 0.416 e. The van der Waals surface area contributed by atoms with Crippen molar-refractivity contribution in [2.45, 2.75) is 25.1 Å². The van der Waals surface area contributed by atoms with E-state index >= 15 is 0 Å². The van der Waals surface area contributed by atoms with Crippen LogP contribution in [0.25, 0.3) is 0 Å². The Morgan fingerprint density at radius 2 is 2.05 bits per heavy atom. The zero-order valence-corrected chi connectivity index (χ0v) is 11.3. The molecule has 1 heterocycles. The van der Waals surface area contributed by atoms with Crippen LogP contribution in [0.2, 0.25) is 0 Å². The fraction of sp³-hybridized carbons (Fsp3) is 0.583. The van der Waals surface area contributed by atoms with Crippen LogP contribution in [-0.4, -0.2) is 36.0 Å². The van der Waals surface area contributed by atoms with Crippen LogP contribution >= 0.6 is 0 Å². The zero-order chi connectivity index (χ0) is 15.4. The van der Waals surface area contributed by atoms with Crippen molar-refractivity contribution < 1.29 is 23.0 Å². The molecule has 1 atom stereocenters. The second kappa shape index (κ2) is 6.27. The molecule has 0 amide bonds. The third-order valence-corrected chi connectivity index (χ3v) is 2.67. The summed E-state index contributed by atoms with van der Waals surface area (Å²) < 4.78 is 42.7. The van der Waals surface area contributed by atoms with Crippen LogP contribution in [-0.2, 0) is 10.9 Å². The highest BCUT2D eigenvalue weighted by molar-refractivity contribution is 5.47. The zero-order valence-electron chi connectivity index (χ0n) is 11.3. The average molecular weight is 293 g/mol. The third kappa shape index (κ3) is 5.22. The van der Waals surface area contributed by atoms with Gasteiger partial charge in [0, 0.05) is 26.7 Å². The number of ether oxygens (including phenoxy) is 1. The Morgan fingerprint density at radius 1 is 1.40 bits per heavy atom. The van der Waals surface area contributed by atoms with Crippen molar-refractivity contribution in [2.75, 3.05) is 31.3 Å². The molecule has 5 nitrogen and oxygen atoms in total. The number of nitrogens with one attached hydrogen (secondary N) is 1. The maximum absolute atomic E-state index is 12.6. The summed E-state index contributed by atoms with van der Waals surface area (Å²) in [5.74, 6) is -0.270. The molecule has 1 aromatic rings. The van der Waals surface area contributed by atoms with Crippen molar-refractivity contribution in [3.63, 3.8) is 0 Å². The van der Waals surface area contributed by atoms with Gasteiger partial charge >= 0.3 is 6.18 Å². The molecule has 0 aromatic carbocycles. The van der Waals surface area contributed by atoms with Gasteiger partial charge in [-0.15, -0.1) is 0 Å². The summed E-state index contributed by atoms with van der Waals surface area (Å²) in [6.07, 6.45) is -4.16. The molecule has 0 saturated carbocycles. The lowest BCUT2D eigenvalue weighted by atomic mass is 10.0. The van der Waals surface area contributed by atoms with Crippen molar-refractivity contribution >= 4 is 11.6 Å². The van der Waals surface area contributed by atoms with Gasteiger partial charge in [0.2, 0.25) is 0 Å². The maximum atomic E-state index is 12.6. The third-order valence-electron chi connectivity index (χ3n) is 2.67. The lowest BCUT2D eigenvalue weighted by Gasteiger charge is -2.23. The van der Waals surface area contributed by atoms with Crippen LogP contribution in [0, 0.1) is 0 Å². The number of anilines is 2. The second-order valence-electron chi connectivity index (χ2n) is 4.76.